The van der Waals surface area contributed by atoms with Crippen molar-refractivity contribution in [3.8, 4) is 0 Å². The van der Waals surface area contributed by atoms with E-state index in [0.717, 1.165) is 38.5 Å². The van der Waals surface area contributed by atoms with Crippen molar-refractivity contribution < 1.29 is 23.9 Å². The normalized spacial score (nSPS) is 11.6. The van der Waals surface area contributed by atoms with E-state index in [0.29, 0.717) is 24.8 Å². The van der Waals surface area contributed by atoms with Crippen molar-refractivity contribution in [2.45, 2.75) is 90.5 Å². The first kappa shape index (κ1) is 28.9. The number of carbonyl (C=O) groups is 3. The first-order valence-electron chi connectivity index (χ1n) is 12.0. The van der Waals surface area contributed by atoms with Crippen LogP contribution in [0, 0.1) is 0 Å². The van der Waals surface area contributed by atoms with E-state index >= 15 is 0 Å². The van der Waals surface area contributed by atoms with Gasteiger partial charge in [0.15, 0.2) is 0 Å². The molecule has 0 aliphatic heterocycles. The zero-order valence-electron chi connectivity index (χ0n) is 20.3. The summed E-state index contributed by atoms with van der Waals surface area (Å²) >= 11 is 0. The van der Waals surface area contributed by atoms with Crippen molar-refractivity contribution in [1.29, 1.82) is 0 Å². The van der Waals surface area contributed by atoms with Gasteiger partial charge >= 0.3 is 11.9 Å². The minimum atomic E-state index is -0.852. The molecule has 1 aromatic rings. The lowest BCUT2D eigenvalue weighted by Crippen LogP contribution is -2.42. The van der Waals surface area contributed by atoms with E-state index < -0.39 is 18.0 Å². The van der Waals surface area contributed by atoms with Gasteiger partial charge in [-0.25, -0.2) is 4.79 Å². The molecule has 0 bridgehead atoms. The number of nitrogen functional groups attached to an aromatic ring is 2. The molecule has 0 saturated carbocycles. The number of aromatic nitrogens is 2. The van der Waals surface area contributed by atoms with Gasteiger partial charge in [-0.15, -0.1) is 0 Å². The maximum absolute atomic E-state index is 12.2. The number of nitrogens with two attached hydrogens (primary N) is 2. The number of nitrogens with one attached hydrogen (secondary N) is 2. The highest BCUT2D eigenvalue weighted by atomic mass is 16.5. The average Bonchev–Trinajstić information content (AvgIpc) is 2.77. The number of nitrogens with zero attached hydrogens (tertiary/aromatic N) is 1. The molecule has 1 heterocycles. The lowest BCUT2D eigenvalue weighted by Gasteiger charge is -2.17. The number of carbonyl (C=O) groups excluding carboxylic acids is 3. The van der Waals surface area contributed by atoms with Gasteiger partial charge in [-0.3, -0.25) is 19.4 Å². The highest BCUT2D eigenvalue weighted by Gasteiger charge is 2.23. The molecule has 0 fully saturated rings. The van der Waals surface area contributed by atoms with E-state index in [2.05, 4.69) is 15.3 Å². The number of aromatic amines is 1. The highest BCUT2D eigenvalue weighted by Crippen LogP contribution is 2.13. The molecule has 1 amide bonds. The molecule has 1 aromatic heterocycles. The number of hydrogen-bond acceptors (Lipinski definition) is 9. The summed E-state index contributed by atoms with van der Waals surface area (Å²) < 4.78 is 9.86. The fourth-order valence-electron chi connectivity index (χ4n) is 3.50. The van der Waals surface area contributed by atoms with Crippen molar-refractivity contribution >= 4 is 29.6 Å². The van der Waals surface area contributed by atoms with Crippen LogP contribution in [0.1, 0.15) is 83.6 Å². The van der Waals surface area contributed by atoms with Gasteiger partial charge in [0.2, 0.25) is 11.9 Å². The number of unbranched alkanes of at least 4 members (excludes halogenated alkanes) is 6. The molecule has 1 rings (SSSR count). The van der Waals surface area contributed by atoms with Crippen LogP contribution in [-0.2, 0) is 30.3 Å². The van der Waals surface area contributed by atoms with Crippen LogP contribution in [0.2, 0.25) is 0 Å². The first-order chi connectivity index (χ1) is 16.3. The van der Waals surface area contributed by atoms with Crippen LogP contribution in [0.15, 0.2) is 4.79 Å². The molecule has 6 N–H and O–H groups in total. The van der Waals surface area contributed by atoms with E-state index in [-0.39, 0.29) is 49.3 Å². The predicted molar refractivity (Wildman–Crippen MR) is 129 cm³/mol. The first-order valence-corrected chi connectivity index (χ1v) is 12.0. The van der Waals surface area contributed by atoms with Crippen LogP contribution < -0.4 is 22.3 Å². The number of esters is 2. The van der Waals surface area contributed by atoms with Crippen molar-refractivity contribution in [2.75, 3.05) is 24.7 Å². The topological polar surface area (TPSA) is 179 Å². The lowest BCUT2D eigenvalue weighted by molar-refractivity contribution is -0.148. The van der Waals surface area contributed by atoms with Gasteiger partial charge < -0.3 is 26.3 Å². The molecular weight excluding hydrogens is 442 g/mol. The molecule has 0 aliphatic carbocycles. The molecule has 34 heavy (non-hydrogen) atoms. The number of ether oxygens (including phenoxy) is 2. The number of H-pyrrole nitrogens is 1. The summed E-state index contributed by atoms with van der Waals surface area (Å²) in [7, 11) is 0. The van der Waals surface area contributed by atoms with Crippen molar-refractivity contribution in [3.63, 3.8) is 0 Å². The third-order valence-electron chi connectivity index (χ3n) is 5.25. The zero-order valence-corrected chi connectivity index (χ0v) is 20.3. The summed E-state index contributed by atoms with van der Waals surface area (Å²) in [6, 6.07) is -0.852. The SMILES string of the molecule is CCOC(=O)CC[C@H](NC(=O)CCCCCCCCCc1c(N)nc(N)[nH]c1=O)C(=O)OCC. The Morgan fingerprint density at radius 3 is 2.18 bits per heavy atom. The van der Waals surface area contributed by atoms with E-state index in [1.54, 1.807) is 13.8 Å². The maximum atomic E-state index is 12.2. The second-order valence-corrected chi connectivity index (χ2v) is 8.01. The molecule has 0 radical (unpaired) electrons. The Kier molecular flexibility index (Phi) is 14.0. The number of rotatable bonds is 17. The summed E-state index contributed by atoms with van der Waals surface area (Å²) in [5, 5.41) is 2.67. The number of anilines is 2. The van der Waals surface area contributed by atoms with Gasteiger partial charge in [-0.2, -0.15) is 4.98 Å². The summed E-state index contributed by atoms with van der Waals surface area (Å²) in [4.78, 5) is 54.0. The van der Waals surface area contributed by atoms with E-state index in [1.165, 1.54) is 0 Å². The minimum absolute atomic E-state index is 0.0213. The Bertz CT molecular complexity index is 842. The van der Waals surface area contributed by atoms with Gasteiger partial charge in [-0.1, -0.05) is 32.1 Å². The summed E-state index contributed by atoms with van der Waals surface area (Å²) in [5.74, 6) is -0.981. The molecule has 11 nitrogen and oxygen atoms in total. The van der Waals surface area contributed by atoms with Gasteiger partial charge in [0, 0.05) is 12.8 Å². The van der Waals surface area contributed by atoms with Gasteiger partial charge in [-0.05, 0) is 39.5 Å². The van der Waals surface area contributed by atoms with Crippen molar-refractivity contribution in [1.82, 2.24) is 15.3 Å². The Balaban J connectivity index is 2.20. The summed E-state index contributed by atoms with van der Waals surface area (Å²) in [6.45, 7) is 3.86. The zero-order chi connectivity index (χ0) is 25.3. The Morgan fingerprint density at radius 2 is 1.56 bits per heavy atom. The fourth-order valence-corrected chi connectivity index (χ4v) is 3.50. The molecule has 192 valence electrons. The van der Waals surface area contributed by atoms with Crippen LogP contribution in [0.5, 0.6) is 0 Å². The fraction of sp³-hybridized carbons (Fsp3) is 0.696. The molecule has 0 aliphatic rings. The summed E-state index contributed by atoms with van der Waals surface area (Å²) in [6.07, 6.45) is 7.49. The molecule has 0 saturated heterocycles. The Hall–Kier alpha value is -3.11. The predicted octanol–water partition coefficient (Wildman–Crippen LogP) is 1.99. The Labute approximate surface area is 200 Å². The van der Waals surface area contributed by atoms with Crippen molar-refractivity contribution in [3.05, 3.63) is 15.9 Å². The average molecular weight is 482 g/mol. The summed E-state index contributed by atoms with van der Waals surface area (Å²) in [5.41, 5.74) is 11.4. The Morgan fingerprint density at radius 1 is 0.941 bits per heavy atom. The van der Waals surface area contributed by atoms with Crippen LogP contribution in [-0.4, -0.2) is 47.1 Å². The molecule has 11 heteroatoms. The third-order valence-corrected chi connectivity index (χ3v) is 5.25. The van der Waals surface area contributed by atoms with E-state index in [1.807, 2.05) is 0 Å². The standard InChI is InChI=1S/C23H39N5O6/c1-3-33-19(30)15-14-17(22(32)34-4-2)26-18(29)13-11-9-7-5-6-8-10-12-16-20(24)27-23(25)28-21(16)31/h17H,3-15H2,1-2H3,(H,26,29)(H5,24,25,27,28,31)/t17-/m0/s1. The number of hydrogen-bond donors (Lipinski definition) is 4. The molecule has 0 spiro atoms. The third kappa shape index (κ3) is 11.7. The second-order valence-electron chi connectivity index (χ2n) is 8.01. The highest BCUT2D eigenvalue weighted by molar-refractivity contribution is 5.84. The van der Waals surface area contributed by atoms with Crippen LogP contribution in [0.4, 0.5) is 11.8 Å². The smallest absolute Gasteiger partial charge is 0.328 e. The molecule has 0 aromatic carbocycles. The van der Waals surface area contributed by atoms with Gasteiger partial charge in [0.1, 0.15) is 11.9 Å². The van der Waals surface area contributed by atoms with E-state index in [4.69, 9.17) is 20.9 Å². The maximum Gasteiger partial charge on any atom is 0.328 e. The lowest BCUT2D eigenvalue weighted by atomic mass is 10.0. The van der Waals surface area contributed by atoms with Crippen molar-refractivity contribution in [2.24, 2.45) is 0 Å². The second kappa shape index (κ2) is 16.5. The van der Waals surface area contributed by atoms with Crippen LogP contribution in [0.3, 0.4) is 0 Å². The molecular formula is C23H39N5O6. The van der Waals surface area contributed by atoms with Gasteiger partial charge in [0.05, 0.1) is 18.8 Å². The molecule has 0 unspecified atom stereocenters. The minimum Gasteiger partial charge on any atom is -0.466 e. The quantitative estimate of drug-likeness (QED) is 0.191. The van der Waals surface area contributed by atoms with E-state index in [9.17, 15) is 19.2 Å². The van der Waals surface area contributed by atoms with Gasteiger partial charge in [0.25, 0.3) is 5.56 Å². The monoisotopic (exact) mass is 481 g/mol. The molecule has 1 atom stereocenters. The van der Waals surface area contributed by atoms with Crippen LogP contribution >= 0.6 is 0 Å². The largest absolute Gasteiger partial charge is 0.466 e. The number of amides is 1. The van der Waals surface area contributed by atoms with Crippen LogP contribution in [0.25, 0.3) is 0 Å².